The summed E-state index contributed by atoms with van der Waals surface area (Å²) in [6.07, 6.45) is 8.20. The monoisotopic (exact) mass is 334 g/mol. The van der Waals surface area contributed by atoms with Crippen LogP contribution in [0.2, 0.25) is 5.02 Å². The van der Waals surface area contributed by atoms with Crippen molar-refractivity contribution in [1.29, 1.82) is 0 Å². The number of carbonyl (C=O) groups is 1. The molecule has 0 aliphatic heterocycles. The highest BCUT2D eigenvalue weighted by Gasteiger charge is 2.30. The Bertz CT molecular complexity index is 569. The van der Waals surface area contributed by atoms with E-state index in [9.17, 15) is 4.79 Å². The zero-order valence-corrected chi connectivity index (χ0v) is 13.8. The molecule has 3 atom stereocenters. The van der Waals surface area contributed by atoms with Gasteiger partial charge in [0, 0.05) is 23.6 Å². The van der Waals surface area contributed by atoms with Crippen molar-refractivity contribution in [3.05, 3.63) is 47.0 Å². The molecule has 0 bridgehead atoms. The molecule has 2 aliphatic rings. The van der Waals surface area contributed by atoms with E-state index in [1.807, 2.05) is 36.4 Å². The minimum absolute atomic E-state index is 0.000548. The summed E-state index contributed by atoms with van der Waals surface area (Å²) in [6, 6.07) is 7.59. The van der Waals surface area contributed by atoms with E-state index in [1.165, 1.54) is 6.42 Å². The third kappa shape index (κ3) is 4.06. The average molecular weight is 335 g/mol. The number of amides is 2. The maximum Gasteiger partial charge on any atom is 0.315 e. The summed E-state index contributed by atoms with van der Waals surface area (Å²) in [7, 11) is 0. The van der Waals surface area contributed by atoms with Crippen LogP contribution < -0.4 is 10.6 Å². The van der Waals surface area contributed by atoms with Crippen LogP contribution in [-0.2, 0) is 0 Å². The zero-order valence-electron chi connectivity index (χ0n) is 13.0. The molecule has 1 fully saturated rings. The van der Waals surface area contributed by atoms with E-state index >= 15 is 0 Å². The van der Waals surface area contributed by atoms with Crippen LogP contribution in [0.5, 0.6) is 0 Å². The van der Waals surface area contributed by atoms with Crippen LogP contribution in [0.1, 0.15) is 37.3 Å². The van der Waals surface area contributed by atoms with Crippen LogP contribution in [0.15, 0.2) is 36.4 Å². The van der Waals surface area contributed by atoms with Crippen LogP contribution in [-0.4, -0.2) is 23.8 Å². The molecule has 5 heteroatoms. The molecule has 0 heterocycles. The molecular weight excluding hydrogens is 312 g/mol. The maximum absolute atomic E-state index is 12.3. The molecule has 2 aliphatic carbocycles. The van der Waals surface area contributed by atoms with Crippen molar-refractivity contribution in [1.82, 2.24) is 10.6 Å². The number of benzene rings is 1. The Labute approximate surface area is 141 Å². The van der Waals surface area contributed by atoms with Crippen LogP contribution in [0, 0.1) is 11.8 Å². The Balaban J connectivity index is 1.61. The van der Waals surface area contributed by atoms with Crippen LogP contribution in [0.3, 0.4) is 0 Å². The lowest BCUT2D eigenvalue weighted by molar-refractivity contribution is 0.204. The quantitative estimate of drug-likeness (QED) is 0.722. The van der Waals surface area contributed by atoms with E-state index in [0.29, 0.717) is 10.9 Å². The van der Waals surface area contributed by atoms with E-state index < -0.39 is 0 Å². The number of aliphatic hydroxyl groups excluding tert-OH is 1. The first-order chi connectivity index (χ1) is 11.2. The number of halogens is 1. The Hall–Kier alpha value is -1.52. The fourth-order valence-corrected chi connectivity index (χ4v) is 3.41. The summed E-state index contributed by atoms with van der Waals surface area (Å²) in [6.45, 7) is 0.131. The number of nitrogens with one attached hydrogen (secondary N) is 2. The largest absolute Gasteiger partial charge is 0.396 e. The van der Waals surface area contributed by atoms with Crippen molar-refractivity contribution in [3.63, 3.8) is 0 Å². The highest BCUT2D eigenvalue weighted by atomic mass is 35.5. The Morgan fingerprint density at radius 1 is 1.26 bits per heavy atom. The van der Waals surface area contributed by atoms with Crippen molar-refractivity contribution < 1.29 is 9.90 Å². The zero-order chi connectivity index (χ0) is 16.2. The number of hydrogen-bond donors (Lipinski definition) is 3. The fourth-order valence-electron chi connectivity index (χ4n) is 3.28. The third-order valence-electron chi connectivity index (χ3n) is 4.86. The van der Waals surface area contributed by atoms with Gasteiger partial charge in [0.25, 0.3) is 0 Å². The lowest BCUT2D eigenvalue weighted by Gasteiger charge is -2.35. The molecular formula is C18H23ClN2O2. The predicted molar refractivity (Wildman–Crippen MR) is 91.3 cm³/mol. The molecule has 2 amide bonds. The van der Waals surface area contributed by atoms with Gasteiger partial charge in [-0.1, -0.05) is 42.3 Å². The number of carbonyl (C=O) groups excluding carboxylic acids is 1. The second-order valence-electron chi connectivity index (χ2n) is 6.51. The van der Waals surface area contributed by atoms with Gasteiger partial charge < -0.3 is 15.7 Å². The first-order valence-corrected chi connectivity index (χ1v) is 8.65. The average Bonchev–Trinajstić information content (AvgIpc) is 2.93. The van der Waals surface area contributed by atoms with Crippen LogP contribution in [0.25, 0.3) is 0 Å². The van der Waals surface area contributed by atoms with Gasteiger partial charge in [0.2, 0.25) is 0 Å². The minimum atomic E-state index is -0.148. The van der Waals surface area contributed by atoms with Gasteiger partial charge in [0.1, 0.15) is 0 Å². The Morgan fingerprint density at radius 3 is 2.57 bits per heavy atom. The molecule has 4 nitrogen and oxygen atoms in total. The Kier molecular flexibility index (Phi) is 5.23. The molecule has 0 spiro atoms. The van der Waals surface area contributed by atoms with E-state index in [0.717, 1.165) is 24.8 Å². The summed E-state index contributed by atoms with van der Waals surface area (Å²) >= 11 is 5.96. The molecule has 1 aromatic rings. The summed E-state index contributed by atoms with van der Waals surface area (Å²) in [5.74, 6) is 0.644. The molecule has 1 aromatic carbocycles. The third-order valence-corrected chi connectivity index (χ3v) is 5.11. The SMILES string of the molecule is O=C(N[C@@H]1C=C[C@H](CO)C1)N[C@H](c1ccc(Cl)cc1)C1CCC1. The first-order valence-electron chi connectivity index (χ1n) is 8.27. The van der Waals surface area contributed by atoms with E-state index in [2.05, 4.69) is 10.6 Å². The number of urea groups is 1. The van der Waals surface area contributed by atoms with E-state index in [4.69, 9.17) is 16.7 Å². The van der Waals surface area contributed by atoms with Crippen molar-refractivity contribution in [2.24, 2.45) is 11.8 Å². The topological polar surface area (TPSA) is 61.4 Å². The first kappa shape index (κ1) is 16.3. The van der Waals surface area contributed by atoms with Gasteiger partial charge in [-0.3, -0.25) is 0 Å². The second kappa shape index (κ2) is 7.37. The maximum atomic E-state index is 12.3. The van der Waals surface area contributed by atoms with Gasteiger partial charge in [-0.05, 0) is 42.9 Å². The molecule has 3 N–H and O–H groups in total. The predicted octanol–water partition coefficient (Wildman–Crippen LogP) is 3.42. The molecule has 1 saturated carbocycles. The molecule has 124 valence electrons. The van der Waals surface area contributed by atoms with Crippen molar-refractivity contribution in [2.75, 3.05) is 6.61 Å². The lowest BCUT2D eigenvalue weighted by Crippen LogP contribution is -2.45. The van der Waals surface area contributed by atoms with Gasteiger partial charge in [-0.2, -0.15) is 0 Å². The second-order valence-corrected chi connectivity index (χ2v) is 6.94. The lowest BCUT2D eigenvalue weighted by atomic mass is 9.77. The van der Waals surface area contributed by atoms with Crippen molar-refractivity contribution in [3.8, 4) is 0 Å². The fraction of sp³-hybridized carbons (Fsp3) is 0.500. The summed E-state index contributed by atoms with van der Waals surface area (Å²) in [5, 5.41) is 16.0. The van der Waals surface area contributed by atoms with Gasteiger partial charge in [-0.25, -0.2) is 4.79 Å². The highest BCUT2D eigenvalue weighted by Crippen LogP contribution is 2.38. The molecule has 0 unspecified atom stereocenters. The number of aliphatic hydroxyl groups is 1. The highest BCUT2D eigenvalue weighted by molar-refractivity contribution is 6.30. The van der Waals surface area contributed by atoms with Gasteiger partial charge in [-0.15, -0.1) is 0 Å². The molecule has 23 heavy (non-hydrogen) atoms. The Morgan fingerprint density at radius 2 is 2.00 bits per heavy atom. The number of rotatable bonds is 5. The normalized spacial score (nSPS) is 25.0. The van der Waals surface area contributed by atoms with Crippen LogP contribution in [0.4, 0.5) is 4.79 Å². The van der Waals surface area contributed by atoms with Gasteiger partial charge in [0.15, 0.2) is 0 Å². The van der Waals surface area contributed by atoms with E-state index in [1.54, 1.807) is 0 Å². The number of hydrogen-bond acceptors (Lipinski definition) is 2. The summed E-state index contributed by atoms with van der Waals surface area (Å²) < 4.78 is 0. The summed E-state index contributed by atoms with van der Waals surface area (Å²) in [5.41, 5.74) is 1.10. The van der Waals surface area contributed by atoms with E-state index in [-0.39, 0.29) is 30.6 Å². The van der Waals surface area contributed by atoms with Crippen molar-refractivity contribution in [2.45, 2.75) is 37.8 Å². The minimum Gasteiger partial charge on any atom is -0.396 e. The standard InChI is InChI=1S/C18H23ClN2O2/c19-15-7-5-14(6-8-15)17(13-2-1-3-13)21-18(23)20-16-9-4-12(10-16)11-22/h4-9,12-13,16-17,22H,1-3,10-11H2,(H2,20,21,23)/t12-,16+,17-/m0/s1. The molecule has 0 radical (unpaired) electrons. The molecule has 0 saturated heterocycles. The molecule has 0 aromatic heterocycles. The summed E-state index contributed by atoms with van der Waals surface area (Å²) in [4.78, 5) is 12.3. The van der Waals surface area contributed by atoms with Gasteiger partial charge >= 0.3 is 6.03 Å². The van der Waals surface area contributed by atoms with Gasteiger partial charge in [0.05, 0.1) is 6.04 Å². The van der Waals surface area contributed by atoms with Crippen LogP contribution >= 0.6 is 11.6 Å². The molecule has 3 rings (SSSR count). The smallest absolute Gasteiger partial charge is 0.315 e. The van der Waals surface area contributed by atoms with Crippen molar-refractivity contribution >= 4 is 17.6 Å².